The van der Waals surface area contributed by atoms with Gasteiger partial charge >= 0.3 is 0 Å². The zero-order valence-corrected chi connectivity index (χ0v) is 11.2. The highest BCUT2D eigenvalue weighted by Crippen LogP contribution is 2.16. The van der Waals surface area contributed by atoms with Gasteiger partial charge in [-0.15, -0.1) is 0 Å². The van der Waals surface area contributed by atoms with Crippen molar-refractivity contribution in [1.82, 2.24) is 0 Å². The number of ether oxygens (including phenoxy) is 1. The first-order chi connectivity index (χ1) is 9.40. The Morgan fingerprint density at radius 3 is 2.16 bits per heavy atom. The van der Waals surface area contributed by atoms with Crippen LogP contribution in [0.2, 0.25) is 0 Å². The molecule has 0 aliphatic rings. The van der Waals surface area contributed by atoms with Crippen LogP contribution in [0.5, 0.6) is 0 Å². The van der Waals surface area contributed by atoms with Gasteiger partial charge in [-0.2, -0.15) is 0 Å². The van der Waals surface area contributed by atoms with E-state index >= 15 is 0 Å². The highest BCUT2D eigenvalue weighted by molar-refractivity contribution is 5.18. The molecule has 2 N–H and O–H groups in total. The lowest BCUT2D eigenvalue weighted by Gasteiger charge is -2.16. The van der Waals surface area contributed by atoms with Crippen LogP contribution in [-0.2, 0) is 11.2 Å². The highest BCUT2D eigenvalue weighted by Gasteiger charge is 2.08. The van der Waals surface area contributed by atoms with Crippen LogP contribution in [0, 0.1) is 0 Å². The second-order valence-corrected chi connectivity index (χ2v) is 4.59. The molecule has 0 heterocycles. The van der Waals surface area contributed by atoms with E-state index in [1.165, 1.54) is 5.56 Å². The van der Waals surface area contributed by atoms with Crippen LogP contribution in [0.25, 0.3) is 0 Å². The van der Waals surface area contributed by atoms with Gasteiger partial charge in [-0.25, -0.2) is 0 Å². The topological polar surface area (TPSA) is 35.2 Å². The molecule has 0 aliphatic heterocycles. The predicted molar refractivity (Wildman–Crippen MR) is 79.0 cm³/mol. The lowest BCUT2D eigenvalue weighted by atomic mass is 10.1. The Hall–Kier alpha value is -1.64. The summed E-state index contributed by atoms with van der Waals surface area (Å²) in [6.07, 6.45) is 2.08. The van der Waals surface area contributed by atoms with Crippen molar-refractivity contribution >= 4 is 0 Å². The molecular weight excluding hydrogens is 234 g/mol. The molecule has 2 rings (SSSR count). The van der Waals surface area contributed by atoms with Gasteiger partial charge in [0.1, 0.15) is 0 Å². The van der Waals surface area contributed by atoms with Gasteiger partial charge in [0.25, 0.3) is 0 Å². The quantitative estimate of drug-likeness (QED) is 0.770. The molecule has 0 spiro atoms. The van der Waals surface area contributed by atoms with Crippen molar-refractivity contribution in [2.75, 3.05) is 13.2 Å². The van der Waals surface area contributed by atoms with Crippen molar-refractivity contribution < 1.29 is 4.74 Å². The summed E-state index contributed by atoms with van der Waals surface area (Å²) >= 11 is 0. The molecule has 0 saturated heterocycles. The van der Waals surface area contributed by atoms with Crippen molar-refractivity contribution in [2.45, 2.75) is 18.9 Å². The number of nitrogens with two attached hydrogens (primary N) is 1. The first-order valence-corrected chi connectivity index (χ1v) is 6.80. The van der Waals surface area contributed by atoms with E-state index in [0.717, 1.165) is 25.0 Å². The largest absolute Gasteiger partial charge is 0.372 e. The molecule has 0 saturated carbocycles. The van der Waals surface area contributed by atoms with Gasteiger partial charge in [-0.1, -0.05) is 60.7 Å². The van der Waals surface area contributed by atoms with Crippen molar-refractivity contribution in [3.63, 3.8) is 0 Å². The van der Waals surface area contributed by atoms with Crippen LogP contribution in [-0.4, -0.2) is 13.2 Å². The average molecular weight is 255 g/mol. The lowest BCUT2D eigenvalue weighted by Crippen LogP contribution is -2.16. The van der Waals surface area contributed by atoms with Gasteiger partial charge in [0.2, 0.25) is 0 Å². The van der Waals surface area contributed by atoms with E-state index in [-0.39, 0.29) is 6.10 Å². The third-order valence-corrected chi connectivity index (χ3v) is 3.16. The fourth-order valence-electron chi connectivity index (χ4n) is 2.11. The molecule has 2 aromatic rings. The smallest absolute Gasteiger partial charge is 0.0947 e. The standard InChI is InChI=1S/C17H21NO/c18-14-17(16-11-5-2-6-12-16)19-13-7-10-15-8-3-1-4-9-15/h1-6,8-9,11-12,17H,7,10,13-14,18H2. The Morgan fingerprint density at radius 1 is 0.895 bits per heavy atom. The normalized spacial score (nSPS) is 12.3. The van der Waals surface area contributed by atoms with Crippen LogP contribution >= 0.6 is 0 Å². The number of benzene rings is 2. The first-order valence-electron chi connectivity index (χ1n) is 6.80. The Morgan fingerprint density at radius 2 is 1.53 bits per heavy atom. The molecule has 19 heavy (non-hydrogen) atoms. The van der Waals surface area contributed by atoms with Crippen LogP contribution in [0.1, 0.15) is 23.7 Å². The highest BCUT2D eigenvalue weighted by atomic mass is 16.5. The summed E-state index contributed by atoms with van der Waals surface area (Å²) in [5, 5.41) is 0. The maximum absolute atomic E-state index is 5.87. The first kappa shape index (κ1) is 13.8. The summed E-state index contributed by atoms with van der Waals surface area (Å²) in [6.45, 7) is 1.26. The third kappa shape index (κ3) is 4.51. The molecule has 2 heteroatoms. The lowest BCUT2D eigenvalue weighted by molar-refractivity contribution is 0.0571. The van der Waals surface area contributed by atoms with E-state index in [1.807, 2.05) is 24.3 Å². The second kappa shape index (κ2) is 7.72. The average Bonchev–Trinajstić information content (AvgIpc) is 2.49. The summed E-state index contributed by atoms with van der Waals surface area (Å²) in [6, 6.07) is 20.7. The van der Waals surface area contributed by atoms with Crippen molar-refractivity contribution in [2.24, 2.45) is 5.73 Å². The maximum atomic E-state index is 5.87. The molecule has 2 aromatic carbocycles. The SMILES string of the molecule is NCC(OCCCc1ccccc1)c1ccccc1. The minimum Gasteiger partial charge on any atom is -0.372 e. The molecule has 0 radical (unpaired) electrons. The fourth-order valence-corrected chi connectivity index (χ4v) is 2.11. The summed E-state index contributed by atoms with van der Waals surface area (Å²) < 4.78 is 5.87. The molecule has 0 amide bonds. The maximum Gasteiger partial charge on any atom is 0.0947 e. The van der Waals surface area contributed by atoms with E-state index in [0.29, 0.717) is 6.54 Å². The summed E-state index contributed by atoms with van der Waals surface area (Å²) in [5.41, 5.74) is 8.29. The van der Waals surface area contributed by atoms with E-state index in [1.54, 1.807) is 0 Å². The number of rotatable bonds is 7. The molecule has 1 unspecified atom stereocenters. The van der Waals surface area contributed by atoms with E-state index in [9.17, 15) is 0 Å². The van der Waals surface area contributed by atoms with Crippen LogP contribution in [0.15, 0.2) is 60.7 Å². The van der Waals surface area contributed by atoms with Crippen LogP contribution < -0.4 is 5.73 Å². The molecule has 1 atom stereocenters. The third-order valence-electron chi connectivity index (χ3n) is 3.16. The van der Waals surface area contributed by atoms with Crippen molar-refractivity contribution in [1.29, 1.82) is 0 Å². The van der Waals surface area contributed by atoms with Gasteiger partial charge < -0.3 is 10.5 Å². The fraction of sp³-hybridized carbons (Fsp3) is 0.294. The summed E-state index contributed by atoms with van der Waals surface area (Å²) in [5.74, 6) is 0. The van der Waals surface area contributed by atoms with E-state index in [2.05, 4.69) is 36.4 Å². The zero-order chi connectivity index (χ0) is 13.3. The molecule has 0 fully saturated rings. The Labute approximate surface area is 115 Å². The minimum absolute atomic E-state index is 0.0111. The van der Waals surface area contributed by atoms with E-state index < -0.39 is 0 Å². The monoisotopic (exact) mass is 255 g/mol. The number of hydrogen-bond acceptors (Lipinski definition) is 2. The summed E-state index contributed by atoms with van der Waals surface area (Å²) in [4.78, 5) is 0. The van der Waals surface area contributed by atoms with Gasteiger partial charge in [0.05, 0.1) is 6.10 Å². The second-order valence-electron chi connectivity index (χ2n) is 4.59. The van der Waals surface area contributed by atoms with Crippen LogP contribution in [0.4, 0.5) is 0 Å². The molecule has 0 aromatic heterocycles. The summed E-state index contributed by atoms with van der Waals surface area (Å²) in [7, 11) is 0. The van der Waals surface area contributed by atoms with Gasteiger partial charge in [-0.3, -0.25) is 0 Å². The Kier molecular flexibility index (Phi) is 5.60. The molecule has 2 nitrogen and oxygen atoms in total. The van der Waals surface area contributed by atoms with Crippen LogP contribution in [0.3, 0.4) is 0 Å². The van der Waals surface area contributed by atoms with Crippen molar-refractivity contribution in [3.8, 4) is 0 Å². The molecule has 0 aliphatic carbocycles. The van der Waals surface area contributed by atoms with Gasteiger partial charge in [-0.05, 0) is 24.0 Å². The zero-order valence-electron chi connectivity index (χ0n) is 11.2. The van der Waals surface area contributed by atoms with Crippen molar-refractivity contribution in [3.05, 3.63) is 71.8 Å². The molecule has 100 valence electrons. The minimum atomic E-state index is 0.0111. The van der Waals surface area contributed by atoms with Gasteiger partial charge in [0.15, 0.2) is 0 Å². The Bertz CT molecular complexity index is 455. The Balaban J connectivity index is 1.75. The predicted octanol–water partition coefficient (Wildman–Crippen LogP) is 3.34. The number of hydrogen-bond donors (Lipinski definition) is 1. The van der Waals surface area contributed by atoms with Gasteiger partial charge in [0, 0.05) is 13.2 Å². The van der Waals surface area contributed by atoms with E-state index in [4.69, 9.17) is 10.5 Å². The molecular formula is C17H21NO. The molecule has 0 bridgehead atoms. The number of aryl methyl sites for hydroxylation is 1.